The van der Waals surface area contributed by atoms with Gasteiger partial charge in [-0.25, -0.2) is 4.98 Å². The molecule has 3 aromatic carbocycles. The molecule has 1 aliphatic carbocycles. The lowest BCUT2D eigenvalue weighted by molar-refractivity contribution is -0.127. The number of hydrogen-bond acceptors (Lipinski definition) is 5. The summed E-state index contributed by atoms with van der Waals surface area (Å²) in [4.78, 5) is 45.9. The fourth-order valence-corrected chi connectivity index (χ4v) is 5.73. The SMILES string of the molecule is NCC1CCC(C(=O)NC(Cc2cccc(C(=O)NCc3ccc(Cl)cc3)c2)c2ncc(-c3ccc(C(N)=O)cc3)[nH]2)CC1. The van der Waals surface area contributed by atoms with E-state index >= 15 is 0 Å². The van der Waals surface area contributed by atoms with Gasteiger partial charge >= 0.3 is 0 Å². The smallest absolute Gasteiger partial charge is 0.251 e. The first kappa shape index (κ1) is 31.0. The van der Waals surface area contributed by atoms with Crippen molar-refractivity contribution < 1.29 is 14.4 Å². The van der Waals surface area contributed by atoms with E-state index in [0.29, 0.717) is 47.4 Å². The molecule has 9 nitrogen and oxygen atoms in total. The molecule has 44 heavy (non-hydrogen) atoms. The molecule has 0 radical (unpaired) electrons. The Kier molecular flexibility index (Phi) is 10.1. The maximum absolute atomic E-state index is 13.5. The molecular formula is C34H37ClN6O3. The van der Waals surface area contributed by atoms with Gasteiger partial charge in [-0.1, -0.05) is 48.0 Å². The average molecular weight is 613 g/mol. The number of halogens is 1. The maximum Gasteiger partial charge on any atom is 0.251 e. The van der Waals surface area contributed by atoms with Gasteiger partial charge in [0, 0.05) is 28.6 Å². The number of nitrogens with one attached hydrogen (secondary N) is 3. The largest absolute Gasteiger partial charge is 0.366 e. The number of carbonyl (C=O) groups excluding carboxylic acids is 3. The monoisotopic (exact) mass is 612 g/mol. The van der Waals surface area contributed by atoms with E-state index in [1.54, 1.807) is 48.7 Å². The Hall–Kier alpha value is -4.47. The van der Waals surface area contributed by atoms with E-state index in [2.05, 4.69) is 20.6 Å². The lowest BCUT2D eigenvalue weighted by Gasteiger charge is -2.28. The third-order valence-electron chi connectivity index (χ3n) is 8.27. The van der Waals surface area contributed by atoms with Crippen molar-refractivity contribution in [3.05, 3.63) is 112 Å². The molecule has 5 rings (SSSR count). The summed E-state index contributed by atoms with van der Waals surface area (Å²) in [5.41, 5.74) is 15.6. The number of nitrogens with zero attached hydrogens (tertiary/aromatic N) is 1. The number of carbonyl (C=O) groups is 3. The van der Waals surface area contributed by atoms with Crippen molar-refractivity contribution in [2.24, 2.45) is 23.3 Å². The molecule has 0 spiro atoms. The molecule has 1 fully saturated rings. The third-order valence-corrected chi connectivity index (χ3v) is 8.52. The van der Waals surface area contributed by atoms with Crippen LogP contribution in [0.15, 0.2) is 79.0 Å². The molecule has 1 unspecified atom stereocenters. The van der Waals surface area contributed by atoms with Gasteiger partial charge in [-0.2, -0.15) is 0 Å². The molecule has 1 heterocycles. The zero-order valence-corrected chi connectivity index (χ0v) is 25.1. The zero-order valence-electron chi connectivity index (χ0n) is 24.4. The minimum atomic E-state index is -0.494. The second kappa shape index (κ2) is 14.3. The number of aromatic nitrogens is 2. The summed E-state index contributed by atoms with van der Waals surface area (Å²) in [6.07, 6.45) is 5.63. The molecule has 0 aliphatic heterocycles. The van der Waals surface area contributed by atoms with Gasteiger partial charge < -0.3 is 27.1 Å². The molecule has 0 bridgehead atoms. The Labute approximate surface area is 261 Å². The van der Waals surface area contributed by atoms with Crippen molar-refractivity contribution in [1.29, 1.82) is 0 Å². The van der Waals surface area contributed by atoms with E-state index in [4.69, 9.17) is 23.1 Å². The number of benzene rings is 3. The number of imidazole rings is 1. The summed E-state index contributed by atoms with van der Waals surface area (Å²) in [5, 5.41) is 6.83. The minimum absolute atomic E-state index is 0.00825. The van der Waals surface area contributed by atoms with Gasteiger partial charge in [0.25, 0.3) is 5.91 Å². The van der Waals surface area contributed by atoms with Crippen molar-refractivity contribution in [1.82, 2.24) is 20.6 Å². The summed E-state index contributed by atoms with van der Waals surface area (Å²) in [6, 6.07) is 21.2. The summed E-state index contributed by atoms with van der Waals surface area (Å²) >= 11 is 5.97. The second-order valence-corrected chi connectivity index (χ2v) is 11.8. The predicted molar refractivity (Wildman–Crippen MR) is 171 cm³/mol. The van der Waals surface area contributed by atoms with Crippen LogP contribution in [0.5, 0.6) is 0 Å². The lowest BCUT2D eigenvalue weighted by atomic mass is 9.81. The molecule has 1 aromatic heterocycles. The molecular weight excluding hydrogens is 576 g/mol. The molecule has 228 valence electrons. The van der Waals surface area contributed by atoms with Gasteiger partial charge in [0.1, 0.15) is 5.82 Å². The summed E-state index contributed by atoms with van der Waals surface area (Å²) in [7, 11) is 0. The highest BCUT2D eigenvalue weighted by Gasteiger charge is 2.28. The molecule has 3 amide bonds. The highest BCUT2D eigenvalue weighted by molar-refractivity contribution is 6.30. The molecule has 1 aliphatic rings. The molecule has 7 N–H and O–H groups in total. The van der Waals surface area contributed by atoms with E-state index in [9.17, 15) is 14.4 Å². The van der Waals surface area contributed by atoms with Crippen LogP contribution in [0.25, 0.3) is 11.3 Å². The Morgan fingerprint density at radius 3 is 2.34 bits per heavy atom. The molecule has 1 atom stereocenters. The maximum atomic E-state index is 13.5. The molecule has 0 saturated heterocycles. The lowest BCUT2D eigenvalue weighted by Crippen LogP contribution is -2.37. The third kappa shape index (κ3) is 7.92. The number of H-pyrrole nitrogens is 1. The van der Waals surface area contributed by atoms with Crippen LogP contribution in [0, 0.1) is 11.8 Å². The highest BCUT2D eigenvalue weighted by Crippen LogP contribution is 2.30. The van der Waals surface area contributed by atoms with Gasteiger partial charge in [-0.15, -0.1) is 0 Å². The van der Waals surface area contributed by atoms with Gasteiger partial charge in [-0.05, 0) is 97.7 Å². The van der Waals surface area contributed by atoms with E-state index in [0.717, 1.165) is 48.1 Å². The van der Waals surface area contributed by atoms with Crippen LogP contribution in [0.2, 0.25) is 5.02 Å². The van der Waals surface area contributed by atoms with Crippen LogP contribution in [-0.4, -0.2) is 34.2 Å². The van der Waals surface area contributed by atoms with Crippen LogP contribution in [0.3, 0.4) is 0 Å². The summed E-state index contributed by atoms with van der Waals surface area (Å²) in [5.74, 6) is 0.287. The Morgan fingerprint density at radius 1 is 0.932 bits per heavy atom. The van der Waals surface area contributed by atoms with Crippen molar-refractivity contribution in [2.75, 3.05) is 6.54 Å². The van der Waals surface area contributed by atoms with Crippen LogP contribution in [0.1, 0.15) is 69.4 Å². The van der Waals surface area contributed by atoms with Gasteiger partial charge in [0.15, 0.2) is 0 Å². The molecule has 10 heteroatoms. The molecule has 1 saturated carbocycles. The molecule has 4 aromatic rings. The number of amides is 3. The first-order valence-electron chi connectivity index (χ1n) is 14.9. The van der Waals surface area contributed by atoms with Crippen LogP contribution >= 0.6 is 11.6 Å². The van der Waals surface area contributed by atoms with Crippen LogP contribution in [-0.2, 0) is 17.8 Å². The Morgan fingerprint density at radius 2 is 1.66 bits per heavy atom. The van der Waals surface area contributed by atoms with Crippen LogP contribution in [0.4, 0.5) is 0 Å². The van der Waals surface area contributed by atoms with Crippen LogP contribution < -0.4 is 22.1 Å². The number of nitrogens with two attached hydrogens (primary N) is 2. The van der Waals surface area contributed by atoms with Crippen molar-refractivity contribution >= 4 is 29.3 Å². The summed E-state index contributed by atoms with van der Waals surface area (Å²) < 4.78 is 0. The quantitative estimate of drug-likeness (QED) is 0.162. The standard InChI is InChI=1S/C34H37ClN6O3/c35-28-14-6-22(7-15-28)19-39-33(43)27-3-1-2-23(16-27)17-29(41-34(44)26-8-4-21(18-36)5-9-26)32-38-20-30(40-32)24-10-12-25(13-11-24)31(37)42/h1-3,6-7,10-16,20-21,26,29H,4-5,8-9,17-19,36H2,(H2,37,42)(H,38,40)(H,39,43)(H,41,44). The topological polar surface area (TPSA) is 156 Å². The predicted octanol–water partition coefficient (Wildman–Crippen LogP) is 4.92. The fraction of sp³-hybridized carbons (Fsp3) is 0.294. The van der Waals surface area contributed by atoms with Gasteiger partial charge in [0.2, 0.25) is 11.8 Å². The Bertz CT molecular complexity index is 1590. The van der Waals surface area contributed by atoms with E-state index < -0.39 is 11.9 Å². The highest BCUT2D eigenvalue weighted by atomic mass is 35.5. The zero-order chi connectivity index (χ0) is 31.1. The minimum Gasteiger partial charge on any atom is -0.366 e. The first-order chi connectivity index (χ1) is 21.3. The number of hydrogen-bond donors (Lipinski definition) is 5. The number of primary amides is 1. The van der Waals surface area contributed by atoms with Crippen molar-refractivity contribution in [2.45, 2.75) is 44.7 Å². The average Bonchev–Trinajstić information content (AvgIpc) is 3.55. The Balaban J connectivity index is 1.33. The first-order valence-corrected chi connectivity index (χ1v) is 15.2. The van der Waals surface area contributed by atoms with Crippen molar-refractivity contribution in [3.63, 3.8) is 0 Å². The van der Waals surface area contributed by atoms with Gasteiger partial charge in [-0.3, -0.25) is 14.4 Å². The fourth-order valence-electron chi connectivity index (χ4n) is 5.60. The normalized spacial score (nSPS) is 17.0. The van der Waals surface area contributed by atoms with E-state index in [-0.39, 0.29) is 17.7 Å². The number of rotatable bonds is 11. The van der Waals surface area contributed by atoms with Gasteiger partial charge in [0.05, 0.1) is 17.9 Å². The van der Waals surface area contributed by atoms with E-state index in [1.807, 2.05) is 30.3 Å². The summed E-state index contributed by atoms with van der Waals surface area (Å²) in [6.45, 7) is 1.02. The van der Waals surface area contributed by atoms with E-state index in [1.165, 1.54) is 0 Å². The number of aromatic amines is 1. The van der Waals surface area contributed by atoms with Crippen molar-refractivity contribution in [3.8, 4) is 11.3 Å². The second-order valence-electron chi connectivity index (χ2n) is 11.4.